The summed E-state index contributed by atoms with van der Waals surface area (Å²) >= 11 is 0. The zero-order valence-corrected chi connectivity index (χ0v) is 14.2. The van der Waals surface area contributed by atoms with Crippen molar-refractivity contribution in [3.63, 3.8) is 0 Å². The number of hydrogen-bond acceptors (Lipinski definition) is 3. The molecule has 1 unspecified atom stereocenters. The van der Waals surface area contributed by atoms with Gasteiger partial charge in [-0.2, -0.15) is 0 Å². The SMILES string of the molecule is Cc1cccc(Oc2ccc(NC(=O)N3CC(O)C4(CC4)C3)cc2)c1. The standard InChI is InChI=1S/C20H22N2O3/c1-14-3-2-4-17(11-14)25-16-7-5-15(6-8-16)21-19(24)22-12-18(23)20(13-22)9-10-20/h2-8,11,18,23H,9-10,12-13H2,1H3,(H,21,24). The zero-order chi connectivity index (χ0) is 17.4. The molecule has 1 saturated carbocycles. The fourth-order valence-electron chi connectivity index (χ4n) is 3.38. The van der Waals surface area contributed by atoms with Gasteiger partial charge in [-0.1, -0.05) is 12.1 Å². The van der Waals surface area contributed by atoms with E-state index in [-0.39, 0.29) is 17.6 Å². The highest BCUT2D eigenvalue weighted by Gasteiger charge is 2.55. The molecule has 1 spiro atoms. The van der Waals surface area contributed by atoms with Crippen LogP contribution in [0.15, 0.2) is 48.5 Å². The summed E-state index contributed by atoms with van der Waals surface area (Å²) in [5, 5.41) is 13.0. The van der Waals surface area contributed by atoms with Crippen LogP contribution < -0.4 is 10.1 Å². The van der Waals surface area contributed by atoms with E-state index in [4.69, 9.17) is 4.74 Å². The fourth-order valence-corrected chi connectivity index (χ4v) is 3.38. The molecule has 0 bridgehead atoms. The Labute approximate surface area is 147 Å². The van der Waals surface area contributed by atoms with Crippen LogP contribution in [0.1, 0.15) is 18.4 Å². The van der Waals surface area contributed by atoms with Gasteiger partial charge in [0.1, 0.15) is 11.5 Å². The highest BCUT2D eigenvalue weighted by atomic mass is 16.5. The Morgan fingerprint density at radius 2 is 1.96 bits per heavy atom. The van der Waals surface area contributed by atoms with Gasteiger partial charge in [0.25, 0.3) is 0 Å². The predicted molar refractivity (Wildman–Crippen MR) is 96.0 cm³/mol. The molecular weight excluding hydrogens is 316 g/mol. The van der Waals surface area contributed by atoms with E-state index in [2.05, 4.69) is 5.32 Å². The van der Waals surface area contributed by atoms with Crippen molar-refractivity contribution in [3.8, 4) is 11.5 Å². The Balaban J connectivity index is 1.36. The molecular formula is C20H22N2O3. The van der Waals surface area contributed by atoms with Crippen molar-refractivity contribution < 1.29 is 14.6 Å². The minimum absolute atomic E-state index is 0.0249. The Kier molecular flexibility index (Phi) is 3.88. The number of β-amino-alcohol motifs (C(OH)–C–C–N with tert-alkyl or cyclic N) is 1. The van der Waals surface area contributed by atoms with Gasteiger partial charge >= 0.3 is 6.03 Å². The van der Waals surface area contributed by atoms with Crippen LogP contribution in [-0.4, -0.2) is 35.2 Å². The van der Waals surface area contributed by atoms with E-state index >= 15 is 0 Å². The minimum atomic E-state index is -0.386. The van der Waals surface area contributed by atoms with Crippen molar-refractivity contribution >= 4 is 11.7 Å². The molecule has 25 heavy (non-hydrogen) atoms. The number of benzene rings is 2. The number of nitrogens with zero attached hydrogens (tertiary/aromatic N) is 1. The Morgan fingerprint density at radius 1 is 1.20 bits per heavy atom. The molecule has 1 aliphatic carbocycles. The Morgan fingerprint density at radius 3 is 2.60 bits per heavy atom. The minimum Gasteiger partial charge on any atom is -0.457 e. The number of anilines is 1. The topological polar surface area (TPSA) is 61.8 Å². The van der Waals surface area contributed by atoms with E-state index in [1.54, 1.807) is 4.90 Å². The maximum absolute atomic E-state index is 12.4. The molecule has 2 amide bonds. The number of ether oxygens (including phenoxy) is 1. The highest BCUT2D eigenvalue weighted by Crippen LogP contribution is 2.52. The molecule has 4 rings (SSSR count). The molecule has 2 aromatic carbocycles. The Bertz CT molecular complexity index is 784. The molecule has 0 aromatic heterocycles. The summed E-state index contributed by atoms with van der Waals surface area (Å²) < 4.78 is 5.81. The molecule has 5 heteroatoms. The van der Waals surface area contributed by atoms with Crippen LogP contribution in [0.25, 0.3) is 0 Å². The van der Waals surface area contributed by atoms with Gasteiger partial charge in [-0.3, -0.25) is 0 Å². The third-order valence-corrected chi connectivity index (χ3v) is 5.12. The van der Waals surface area contributed by atoms with Crippen LogP contribution in [0.4, 0.5) is 10.5 Å². The second-order valence-corrected chi connectivity index (χ2v) is 7.13. The number of nitrogens with one attached hydrogen (secondary N) is 1. The third kappa shape index (κ3) is 3.33. The van der Waals surface area contributed by atoms with Crippen LogP contribution in [0.3, 0.4) is 0 Å². The highest BCUT2D eigenvalue weighted by molar-refractivity contribution is 5.89. The van der Waals surface area contributed by atoms with Crippen LogP contribution in [0, 0.1) is 12.3 Å². The lowest BCUT2D eigenvalue weighted by atomic mass is 10.0. The average Bonchev–Trinajstić information content (AvgIpc) is 3.29. The predicted octanol–water partition coefficient (Wildman–Crippen LogP) is 3.78. The molecule has 130 valence electrons. The maximum atomic E-state index is 12.4. The van der Waals surface area contributed by atoms with Crippen molar-refractivity contribution in [2.24, 2.45) is 5.41 Å². The number of carbonyl (C=O) groups is 1. The molecule has 5 nitrogen and oxygen atoms in total. The number of rotatable bonds is 3. The molecule has 2 aromatic rings. The first-order valence-corrected chi connectivity index (χ1v) is 8.63. The maximum Gasteiger partial charge on any atom is 0.321 e. The number of amides is 2. The first-order chi connectivity index (χ1) is 12.0. The number of likely N-dealkylation sites (tertiary alicyclic amines) is 1. The fraction of sp³-hybridized carbons (Fsp3) is 0.350. The van der Waals surface area contributed by atoms with E-state index in [0.29, 0.717) is 18.8 Å². The quantitative estimate of drug-likeness (QED) is 0.895. The number of aliphatic hydroxyl groups is 1. The van der Waals surface area contributed by atoms with E-state index in [0.717, 1.165) is 29.9 Å². The monoisotopic (exact) mass is 338 g/mol. The molecule has 0 radical (unpaired) electrons. The van der Waals surface area contributed by atoms with Crippen LogP contribution in [0.2, 0.25) is 0 Å². The third-order valence-electron chi connectivity index (χ3n) is 5.12. The zero-order valence-electron chi connectivity index (χ0n) is 14.2. The summed E-state index contributed by atoms with van der Waals surface area (Å²) in [5.74, 6) is 1.51. The lowest BCUT2D eigenvalue weighted by molar-refractivity contribution is 0.132. The lowest BCUT2D eigenvalue weighted by Crippen LogP contribution is -2.33. The molecule has 1 atom stereocenters. The van der Waals surface area contributed by atoms with Crippen LogP contribution in [0.5, 0.6) is 11.5 Å². The van der Waals surface area contributed by atoms with Gasteiger partial charge < -0.3 is 20.1 Å². The van der Waals surface area contributed by atoms with Gasteiger partial charge in [0.15, 0.2) is 0 Å². The second-order valence-electron chi connectivity index (χ2n) is 7.13. The largest absolute Gasteiger partial charge is 0.457 e. The van der Waals surface area contributed by atoms with Crippen molar-refractivity contribution in [1.82, 2.24) is 4.90 Å². The van der Waals surface area contributed by atoms with Crippen molar-refractivity contribution in [1.29, 1.82) is 0 Å². The summed E-state index contributed by atoms with van der Waals surface area (Å²) in [4.78, 5) is 14.1. The smallest absolute Gasteiger partial charge is 0.321 e. The van der Waals surface area contributed by atoms with Gasteiger partial charge in [-0.05, 0) is 61.7 Å². The number of aryl methyl sites for hydroxylation is 1. The van der Waals surface area contributed by atoms with Crippen molar-refractivity contribution in [2.75, 3.05) is 18.4 Å². The number of urea groups is 1. The van der Waals surface area contributed by atoms with Crippen molar-refractivity contribution in [2.45, 2.75) is 25.9 Å². The Hall–Kier alpha value is -2.53. The average molecular weight is 338 g/mol. The van der Waals surface area contributed by atoms with Crippen LogP contribution >= 0.6 is 0 Å². The lowest BCUT2D eigenvalue weighted by Gasteiger charge is -2.17. The molecule has 1 heterocycles. The summed E-state index contributed by atoms with van der Waals surface area (Å²) in [6.45, 7) is 3.08. The summed E-state index contributed by atoms with van der Waals surface area (Å²) in [6, 6.07) is 15.0. The molecule has 2 aliphatic rings. The van der Waals surface area contributed by atoms with Gasteiger partial charge in [0.05, 0.1) is 6.10 Å². The first-order valence-electron chi connectivity index (χ1n) is 8.63. The molecule has 2 N–H and O–H groups in total. The number of hydrogen-bond donors (Lipinski definition) is 2. The summed E-state index contributed by atoms with van der Waals surface area (Å²) in [6.07, 6.45) is 1.65. The van der Waals surface area contributed by atoms with Crippen molar-refractivity contribution in [3.05, 3.63) is 54.1 Å². The number of aliphatic hydroxyl groups excluding tert-OH is 1. The normalized spacial score (nSPS) is 20.6. The molecule has 2 fully saturated rings. The first kappa shape index (κ1) is 16.0. The summed E-state index contributed by atoms with van der Waals surface area (Å²) in [7, 11) is 0. The summed E-state index contributed by atoms with van der Waals surface area (Å²) in [5.41, 5.74) is 1.83. The second kappa shape index (κ2) is 6.08. The van der Waals surface area contributed by atoms with E-state index in [1.807, 2.05) is 55.5 Å². The van der Waals surface area contributed by atoms with E-state index < -0.39 is 0 Å². The van der Waals surface area contributed by atoms with E-state index in [9.17, 15) is 9.90 Å². The molecule has 1 saturated heterocycles. The van der Waals surface area contributed by atoms with Gasteiger partial charge in [0, 0.05) is 24.2 Å². The van der Waals surface area contributed by atoms with Gasteiger partial charge in [0.2, 0.25) is 0 Å². The van der Waals surface area contributed by atoms with Gasteiger partial charge in [-0.25, -0.2) is 4.79 Å². The van der Waals surface area contributed by atoms with Gasteiger partial charge in [-0.15, -0.1) is 0 Å². The molecule has 1 aliphatic heterocycles. The van der Waals surface area contributed by atoms with E-state index in [1.165, 1.54) is 0 Å². The van der Waals surface area contributed by atoms with Crippen LogP contribution in [-0.2, 0) is 0 Å². The number of carbonyl (C=O) groups excluding carboxylic acids is 1.